The lowest BCUT2D eigenvalue weighted by atomic mass is 10.2. The molecule has 6 heteroatoms. The lowest BCUT2D eigenvalue weighted by Gasteiger charge is -2.10. The van der Waals surface area contributed by atoms with Crippen LogP contribution in [-0.2, 0) is 16.6 Å². The Morgan fingerprint density at radius 3 is 2.60 bits per heavy atom. The van der Waals surface area contributed by atoms with E-state index in [1.54, 1.807) is 36.4 Å². The van der Waals surface area contributed by atoms with E-state index in [9.17, 15) is 8.42 Å². The fraction of sp³-hybridized carbons (Fsp3) is 0.143. The van der Waals surface area contributed by atoms with Crippen LogP contribution in [-0.4, -0.2) is 8.42 Å². The van der Waals surface area contributed by atoms with Crippen molar-refractivity contribution < 1.29 is 8.42 Å². The van der Waals surface area contributed by atoms with Crippen LogP contribution in [0.15, 0.2) is 51.8 Å². The zero-order valence-electron chi connectivity index (χ0n) is 10.9. The van der Waals surface area contributed by atoms with Gasteiger partial charge in [-0.2, -0.15) is 0 Å². The van der Waals surface area contributed by atoms with Gasteiger partial charge in [0.05, 0.1) is 4.90 Å². The highest BCUT2D eigenvalue weighted by Gasteiger charge is 2.14. The van der Waals surface area contributed by atoms with E-state index in [0.29, 0.717) is 12.2 Å². The summed E-state index contributed by atoms with van der Waals surface area (Å²) in [6.45, 7) is 2.24. The van der Waals surface area contributed by atoms with E-state index in [4.69, 9.17) is 5.73 Å². The average molecular weight is 355 g/mol. The van der Waals surface area contributed by atoms with Crippen LogP contribution < -0.4 is 10.5 Å². The van der Waals surface area contributed by atoms with Crippen LogP contribution in [0, 0.1) is 6.92 Å². The zero-order valence-corrected chi connectivity index (χ0v) is 13.3. The summed E-state index contributed by atoms with van der Waals surface area (Å²) in [5.74, 6) is 0. The molecular formula is C14H15BrN2O2S. The molecule has 0 unspecified atom stereocenters. The minimum Gasteiger partial charge on any atom is -0.326 e. The maximum absolute atomic E-state index is 12.3. The first kappa shape index (κ1) is 15.0. The number of sulfonamides is 1. The average Bonchev–Trinajstić information content (AvgIpc) is 2.43. The van der Waals surface area contributed by atoms with Crippen molar-refractivity contribution in [1.82, 2.24) is 0 Å². The van der Waals surface area contributed by atoms with E-state index in [1.807, 2.05) is 13.0 Å². The number of benzene rings is 2. The molecule has 0 aliphatic carbocycles. The predicted octanol–water partition coefficient (Wildman–Crippen LogP) is 3.02. The van der Waals surface area contributed by atoms with E-state index < -0.39 is 10.0 Å². The largest absolute Gasteiger partial charge is 0.326 e. The Bertz CT molecular complexity index is 730. The van der Waals surface area contributed by atoms with Crippen LogP contribution in [0.3, 0.4) is 0 Å². The van der Waals surface area contributed by atoms with E-state index >= 15 is 0 Å². The Balaban J connectivity index is 2.32. The van der Waals surface area contributed by atoms with Gasteiger partial charge in [0.2, 0.25) is 0 Å². The highest BCUT2D eigenvalue weighted by molar-refractivity contribution is 9.10. The van der Waals surface area contributed by atoms with E-state index in [-0.39, 0.29) is 4.90 Å². The standard InChI is InChI=1S/C14H15BrN2O2S/c1-10-5-6-12(8-14(10)15)17-20(18,19)13-4-2-3-11(7-13)9-16/h2-8,17H,9,16H2,1H3. The first-order chi connectivity index (χ1) is 9.42. The second-order valence-electron chi connectivity index (χ2n) is 4.42. The van der Waals surface area contributed by atoms with Gasteiger partial charge in [-0.15, -0.1) is 0 Å². The molecule has 20 heavy (non-hydrogen) atoms. The van der Waals surface area contributed by atoms with E-state index in [1.165, 1.54) is 0 Å². The van der Waals surface area contributed by atoms with Gasteiger partial charge >= 0.3 is 0 Å². The number of hydrogen-bond acceptors (Lipinski definition) is 3. The quantitative estimate of drug-likeness (QED) is 0.886. The molecule has 0 aromatic heterocycles. The lowest BCUT2D eigenvalue weighted by Crippen LogP contribution is -2.13. The summed E-state index contributed by atoms with van der Waals surface area (Å²) in [4.78, 5) is 0.206. The van der Waals surface area contributed by atoms with Crippen molar-refractivity contribution in [2.45, 2.75) is 18.4 Å². The first-order valence-electron chi connectivity index (χ1n) is 6.00. The molecule has 0 aliphatic rings. The Hall–Kier alpha value is -1.37. The van der Waals surface area contributed by atoms with Gasteiger partial charge in [0.15, 0.2) is 0 Å². The number of nitrogens with one attached hydrogen (secondary N) is 1. The molecule has 0 bridgehead atoms. The number of halogens is 1. The molecule has 0 saturated heterocycles. The molecule has 0 radical (unpaired) electrons. The van der Waals surface area contributed by atoms with Crippen molar-refractivity contribution in [3.05, 3.63) is 58.1 Å². The van der Waals surface area contributed by atoms with E-state index in [2.05, 4.69) is 20.7 Å². The summed E-state index contributed by atoms with van der Waals surface area (Å²) >= 11 is 3.38. The molecule has 4 nitrogen and oxygen atoms in total. The molecule has 3 N–H and O–H groups in total. The molecule has 0 spiro atoms. The number of aryl methyl sites for hydroxylation is 1. The van der Waals surface area contributed by atoms with Gasteiger partial charge in [0.1, 0.15) is 0 Å². The first-order valence-corrected chi connectivity index (χ1v) is 8.28. The maximum Gasteiger partial charge on any atom is 0.261 e. The molecule has 0 amide bonds. The van der Waals surface area contributed by atoms with Crippen LogP contribution in [0.25, 0.3) is 0 Å². The second kappa shape index (κ2) is 5.95. The molecule has 0 heterocycles. The topological polar surface area (TPSA) is 72.2 Å². The third kappa shape index (κ3) is 3.39. The third-order valence-corrected chi connectivity index (χ3v) is 5.10. The summed E-state index contributed by atoms with van der Waals surface area (Å²) in [7, 11) is -3.60. The number of anilines is 1. The van der Waals surface area contributed by atoms with Gasteiger partial charge in [-0.25, -0.2) is 8.42 Å². The van der Waals surface area contributed by atoms with Gasteiger partial charge in [-0.3, -0.25) is 4.72 Å². The minimum absolute atomic E-state index is 0.206. The molecule has 2 aromatic carbocycles. The van der Waals surface area contributed by atoms with Crippen LogP contribution in [0.2, 0.25) is 0 Å². The van der Waals surface area contributed by atoms with Crippen molar-refractivity contribution in [2.24, 2.45) is 5.73 Å². The van der Waals surface area contributed by atoms with Gasteiger partial charge in [-0.05, 0) is 42.3 Å². The summed E-state index contributed by atoms with van der Waals surface area (Å²) in [5.41, 5.74) is 7.86. The Kier molecular flexibility index (Phi) is 4.47. The molecule has 0 aliphatic heterocycles. The molecular weight excluding hydrogens is 340 g/mol. The Morgan fingerprint density at radius 1 is 1.20 bits per heavy atom. The smallest absolute Gasteiger partial charge is 0.261 e. The highest BCUT2D eigenvalue weighted by atomic mass is 79.9. The number of hydrogen-bond donors (Lipinski definition) is 2. The molecule has 2 aromatic rings. The third-order valence-electron chi connectivity index (χ3n) is 2.87. The molecule has 0 fully saturated rings. The number of rotatable bonds is 4. The van der Waals surface area contributed by atoms with E-state index in [0.717, 1.165) is 15.6 Å². The Labute approximate surface area is 127 Å². The second-order valence-corrected chi connectivity index (χ2v) is 6.96. The number of nitrogens with two attached hydrogens (primary N) is 1. The fourth-order valence-corrected chi connectivity index (χ4v) is 3.21. The monoisotopic (exact) mass is 354 g/mol. The summed E-state index contributed by atoms with van der Waals surface area (Å²) in [5, 5.41) is 0. The lowest BCUT2D eigenvalue weighted by molar-refractivity contribution is 0.601. The summed E-state index contributed by atoms with van der Waals surface area (Å²) in [6.07, 6.45) is 0. The van der Waals surface area contributed by atoms with Crippen molar-refractivity contribution in [1.29, 1.82) is 0 Å². The van der Waals surface area contributed by atoms with Crippen molar-refractivity contribution in [3.8, 4) is 0 Å². The van der Waals surface area contributed by atoms with Gasteiger partial charge in [0, 0.05) is 16.7 Å². The predicted molar refractivity (Wildman–Crippen MR) is 84.0 cm³/mol. The SMILES string of the molecule is Cc1ccc(NS(=O)(=O)c2cccc(CN)c2)cc1Br. The van der Waals surface area contributed by atoms with Gasteiger partial charge in [0.25, 0.3) is 10.0 Å². The molecule has 0 atom stereocenters. The van der Waals surface area contributed by atoms with Crippen LogP contribution in [0.1, 0.15) is 11.1 Å². The van der Waals surface area contributed by atoms with Crippen LogP contribution >= 0.6 is 15.9 Å². The molecule has 2 rings (SSSR count). The highest BCUT2D eigenvalue weighted by Crippen LogP contribution is 2.23. The fourth-order valence-electron chi connectivity index (χ4n) is 1.71. The van der Waals surface area contributed by atoms with Crippen molar-refractivity contribution in [2.75, 3.05) is 4.72 Å². The minimum atomic E-state index is -3.60. The van der Waals surface area contributed by atoms with Gasteiger partial charge in [-0.1, -0.05) is 34.1 Å². The van der Waals surface area contributed by atoms with Crippen molar-refractivity contribution in [3.63, 3.8) is 0 Å². The summed E-state index contributed by atoms with van der Waals surface area (Å²) < 4.78 is 28.0. The summed E-state index contributed by atoms with van der Waals surface area (Å²) in [6, 6.07) is 11.9. The zero-order chi connectivity index (χ0) is 14.8. The van der Waals surface area contributed by atoms with Crippen molar-refractivity contribution >= 4 is 31.6 Å². The Morgan fingerprint density at radius 2 is 1.95 bits per heavy atom. The molecule has 0 saturated carbocycles. The normalized spacial score (nSPS) is 11.3. The van der Waals surface area contributed by atoms with Crippen LogP contribution in [0.4, 0.5) is 5.69 Å². The van der Waals surface area contributed by atoms with Crippen LogP contribution in [0.5, 0.6) is 0 Å². The molecule has 106 valence electrons. The van der Waals surface area contributed by atoms with Gasteiger partial charge < -0.3 is 5.73 Å². The maximum atomic E-state index is 12.3.